The molecular formula is C16H15ClN2OS. The predicted octanol–water partition coefficient (Wildman–Crippen LogP) is 3.45. The standard InChI is InChI=1S/C16H15ClN2OS/c1-11-6-8-12(9-7-11)10-18-16(21)19-15(20)13-4-2-3-5-14(13)17/h2-9H,10H2,1H3,(H2,18,19,20,21). The van der Waals surface area contributed by atoms with Gasteiger partial charge in [0, 0.05) is 6.54 Å². The lowest BCUT2D eigenvalue weighted by Crippen LogP contribution is -2.38. The molecule has 0 unspecified atom stereocenters. The number of carbonyl (C=O) groups is 1. The second kappa shape index (κ2) is 7.20. The molecule has 0 radical (unpaired) electrons. The number of amides is 1. The third kappa shape index (κ3) is 4.55. The lowest BCUT2D eigenvalue weighted by molar-refractivity contribution is 0.0977. The van der Waals surface area contributed by atoms with Crippen LogP contribution in [0.2, 0.25) is 5.02 Å². The van der Waals surface area contributed by atoms with Gasteiger partial charge in [-0.2, -0.15) is 0 Å². The maximum Gasteiger partial charge on any atom is 0.258 e. The molecule has 2 rings (SSSR count). The number of hydrogen-bond acceptors (Lipinski definition) is 2. The number of hydrogen-bond donors (Lipinski definition) is 2. The first-order valence-electron chi connectivity index (χ1n) is 6.45. The third-order valence-electron chi connectivity index (χ3n) is 2.92. The number of thiocarbonyl (C=S) groups is 1. The second-order valence-corrected chi connectivity index (χ2v) is 5.42. The minimum atomic E-state index is -0.318. The minimum absolute atomic E-state index is 0.278. The van der Waals surface area contributed by atoms with E-state index in [4.69, 9.17) is 23.8 Å². The second-order valence-electron chi connectivity index (χ2n) is 4.60. The van der Waals surface area contributed by atoms with Gasteiger partial charge in [-0.05, 0) is 36.8 Å². The van der Waals surface area contributed by atoms with E-state index in [9.17, 15) is 4.79 Å². The lowest BCUT2D eigenvalue weighted by Gasteiger charge is -2.10. The van der Waals surface area contributed by atoms with Crippen LogP contribution in [0.15, 0.2) is 48.5 Å². The van der Waals surface area contributed by atoms with Crippen molar-refractivity contribution in [2.75, 3.05) is 0 Å². The SMILES string of the molecule is Cc1ccc(CNC(=S)NC(=O)c2ccccc2Cl)cc1. The van der Waals surface area contributed by atoms with E-state index in [1.807, 2.05) is 31.2 Å². The first kappa shape index (κ1) is 15.5. The third-order valence-corrected chi connectivity index (χ3v) is 3.50. The van der Waals surface area contributed by atoms with Crippen LogP contribution >= 0.6 is 23.8 Å². The fraction of sp³-hybridized carbons (Fsp3) is 0.125. The molecule has 1 amide bonds. The molecule has 0 spiro atoms. The Labute approximate surface area is 134 Å². The molecule has 5 heteroatoms. The van der Waals surface area contributed by atoms with Gasteiger partial charge < -0.3 is 5.32 Å². The zero-order valence-electron chi connectivity index (χ0n) is 11.5. The first-order chi connectivity index (χ1) is 10.1. The Kier molecular flexibility index (Phi) is 5.31. The van der Waals surface area contributed by atoms with E-state index in [1.165, 1.54) is 5.56 Å². The fourth-order valence-electron chi connectivity index (χ4n) is 1.75. The van der Waals surface area contributed by atoms with Crippen molar-refractivity contribution in [3.8, 4) is 0 Å². The Balaban J connectivity index is 1.89. The van der Waals surface area contributed by atoms with Gasteiger partial charge in [0.2, 0.25) is 0 Å². The number of halogens is 1. The van der Waals surface area contributed by atoms with Gasteiger partial charge in [0.25, 0.3) is 5.91 Å². The minimum Gasteiger partial charge on any atom is -0.358 e. The number of rotatable bonds is 3. The molecule has 0 aliphatic heterocycles. The van der Waals surface area contributed by atoms with Crippen molar-refractivity contribution in [3.63, 3.8) is 0 Å². The topological polar surface area (TPSA) is 41.1 Å². The van der Waals surface area contributed by atoms with Gasteiger partial charge in [0.1, 0.15) is 0 Å². The van der Waals surface area contributed by atoms with Gasteiger partial charge in [0.15, 0.2) is 5.11 Å². The van der Waals surface area contributed by atoms with E-state index in [0.29, 0.717) is 17.1 Å². The largest absolute Gasteiger partial charge is 0.358 e. The molecular weight excluding hydrogens is 304 g/mol. The van der Waals surface area contributed by atoms with E-state index in [0.717, 1.165) is 5.56 Å². The Morgan fingerprint density at radius 2 is 1.81 bits per heavy atom. The number of benzene rings is 2. The summed E-state index contributed by atoms with van der Waals surface area (Å²) in [7, 11) is 0. The molecule has 108 valence electrons. The van der Waals surface area contributed by atoms with E-state index in [-0.39, 0.29) is 11.0 Å². The van der Waals surface area contributed by atoms with Crippen molar-refractivity contribution in [2.24, 2.45) is 0 Å². The molecule has 0 fully saturated rings. The maximum atomic E-state index is 12.0. The molecule has 0 atom stereocenters. The summed E-state index contributed by atoms with van der Waals surface area (Å²) in [4.78, 5) is 12.0. The molecule has 0 aliphatic carbocycles. The molecule has 2 aromatic rings. The van der Waals surface area contributed by atoms with Crippen molar-refractivity contribution in [1.82, 2.24) is 10.6 Å². The molecule has 3 nitrogen and oxygen atoms in total. The van der Waals surface area contributed by atoms with Crippen molar-refractivity contribution in [2.45, 2.75) is 13.5 Å². The summed E-state index contributed by atoms with van der Waals surface area (Å²) in [6.45, 7) is 2.59. The summed E-state index contributed by atoms with van der Waals surface area (Å²) in [6, 6.07) is 14.9. The highest BCUT2D eigenvalue weighted by atomic mass is 35.5. The van der Waals surface area contributed by atoms with Crippen LogP contribution in [-0.4, -0.2) is 11.0 Å². The van der Waals surface area contributed by atoms with Crippen molar-refractivity contribution in [3.05, 3.63) is 70.2 Å². The van der Waals surface area contributed by atoms with Gasteiger partial charge in [-0.1, -0.05) is 53.6 Å². The summed E-state index contributed by atoms with van der Waals surface area (Å²) in [5, 5.41) is 6.29. The van der Waals surface area contributed by atoms with E-state index < -0.39 is 0 Å². The maximum absolute atomic E-state index is 12.0. The first-order valence-corrected chi connectivity index (χ1v) is 7.24. The number of carbonyl (C=O) groups excluding carboxylic acids is 1. The number of aryl methyl sites for hydroxylation is 1. The quantitative estimate of drug-likeness (QED) is 0.852. The van der Waals surface area contributed by atoms with E-state index >= 15 is 0 Å². The lowest BCUT2D eigenvalue weighted by atomic mass is 10.1. The number of nitrogens with one attached hydrogen (secondary N) is 2. The normalized spacial score (nSPS) is 10.0. The molecule has 0 saturated heterocycles. The van der Waals surface area contributed by atoms with Crippen LogP contribution in [0, 0.1) is 6.92 Å². The van der Waals surface area contributed by atoms with Crippen LogP contribution in [0.25, 0.3) is 0 Å². The molecule has 0 saturated carbocycles. The van der Waals surface area contributed by atoms with Crippen LogP contribution in [-0.2, 0) is 6.54 Å². The van der Waals surface area contributed by atoms with E-state index in [2.05, 4.69) is 10.6 Å². The molecule has 0 bridgehead atoms. The molecule has 0 aliphatic rings. The Morgan fingerprint density at radius 1 is 1.14 bits per heavy atom. The molecule has 0 aromatic heterocycles. The monoisotopic (exact) mass is 318 g/mol. The van der Waals surface area contributed by atoms with Gasteiger partial charge in [-0.25, -0.2) is 0 Å². The van der Waals surface area contributed by atoms with Crippen molar-refractivity contribution in [1.29, 1.82) is 0 Å². The summed E-state index contributed by atoms with van der Waals surface area (Å²) in [5.41, 5.74) is 2.70. The summed E-state index contributed by atoms with van der Waals surface area (Å²) in [6.07, 6.45) is 0. The van der Waals surface area contributed by atoms with Crippen molar-refractivity contribution < 1.29 is 4.79 Å². The van der Waals surface area contributed by atoms with Crippen LogP contribution in [0.3, 0.4) is 0 Å². The van der Waals surface area contributed by atoms with Gasteiger partial charge in [-0.3, -0.25) is 10.1 Å². The van der Waals surface area contributed by atoms with E-state index in [1.54, 1.807) is 24.3 Å². The zero-order chi connectivity index (χ0) is 15.2. The Bertz CT molecular complexity index is 656. The summed E-state index contributed by atoms with van der Waals surface area (Å²) in [5.74, 6) is -0.318. The summed E-state index contributed by atoms with van der Waals surface area (Å²) < 4.78 is 0. The highest BCUT2D eigenvalue weighted by Crippen LogP contribution is 2.14. The van der Waals surface area contributed by atoms with Crippen LogP contribution in [0.1, 0.15) is 21.5 Å². The highest BCUT2D eigenvalue weighted by Gasteiger charge is 2.10. The Hall–Kier alpha value is -1.91. The molecule has 2 aromatic carbocycles. The Morgan fingerprint density at radius 3 is 2.48 bits per heavy atom. The van der Waals surface area contributed by atoms with Gasteiger partial charge in [0.05, 0.1) is 10.6 Å². The average molecular weight is 319 g/mol. The van der Waals surface area contributed by atoms with Gasteiger partial charge in [-0.15, -0.1) is 0 Å². The van der Waals surface area contributed by atoms with Crippen molar-refractivity contribution >= 4 is 34.8 Å². The summed E-state index contributed by atoms with van der Waals surface area (Å²) >= 11 is 11.1. The predicted molar refractivity (Wildman–Crippen MR) is 89.5 cm³/mol. The van der Waals surface area contributed by atoms with Crippen LogP contribution < -0.4 is 10.6 Å². The molecule has 0 heterocycles. The fourth-order valence-corrected chi connectivity index (χ4v) is 2.13. The highest BCUT2D eigenvalue weighted by molar-refractivity contribution is 7.80. The molecule has 21 heavy (non-hydrogen) atoms. The van der Waals surface area contributed by atoms with Gasteiger partial charge >= 0.3 is 0 Å². The molecule has 2 N–H and O–H groups in total. The van der Waals surface area contributed by atoms with Crippen LogP contribution in [0.5, 0.6) is 0 Å². The smallest absolute Gasteiger partial charge is 0.258 e. The average Bonchev–Trinajstić information content (AvgIpc) is 2.47. The zero-order valence-corrected chi connectivity index (χ0v) is 13.1. The van der Waals surface area contributed by atoms with Crippen LogP contribution in [0.4, 0.5) is 0 Å².